The van der Waals surface area contributed by atoms with Crippen LogP contribution < -0.4 is 20.3 Å². The summed E-state index contributed by atoms with van der Waals surface area (Å²) in [6, 6.07) is 9.69. The Bertz CT molecular complexity index is 1200. The number of anilines is 2. The first-order valence-electron chi connectivity index (χ1n) is 10.7. The molecule has 1 amide bonds. The molecule has 0 spiro atoms. The van der Waals surface area contributed by atoms with Crippen molar-refractivity contribution < 1.29 is 36.3 Å². The predicted molar refractivity (Wildman–Crippen MR) is 130 cm³/mol. The van der Waals surface area contributed by atoms with Crippen LogP contribution in [-0.2, 0) is 14.8 Å². The molecule has 0 aromatic heterocycles. The first-order chi connectivity index (χ1) is 16.8. The average Bonchev–Trinajstić information content (AvgIpc) is 2.81. The van der Waals surface area contributed by atoms with Gasteiger partial charge < -0.3 is 20.6 Å². The molecular formula is C22H26ClF3N4O5S. The number of rotatable bonds is 6. The van der Waals surface area contributed by atoms with Crippen molar-refractivity contribution in [2.45, 2.75) is 24.9 Å². The number of halogens is 4. The maximum Gasteiger partial charge on any atom is 0.490 e. The van der Waals surface area contributed by atoms with E-state index in [1.165, 1.54) is 12.1 Å². The second-order valence-corrected chi connectivity index (χ2v) is 9.74. The van der Waals surface area contributed by atoms with Gasteiger partial charge in [-0.15, -0.1) is 0 Å². The number of aryl methyl sites for hydroxylation is 1. The molecule has 0 aliphatic carbocycles. The summed E-state index contributed by atoms with van der Waals surface area (Å²) in [5.74, 6) is -3.01. The van der Waals surface area contributed by atoms with Crippen LogP contribution in [0.2, 0.25) is 5.02 Å². The Morgan fingerprint density at radius 1 is 1.14 bits per heavy atom. The van der Waals surface area contributed by atoms with E-state index in [4.69, 9.17) is 21.5 Å². The Morgan fingerprint density at radius 3 is 2.28 bits per heavy atom. The molecule has 3 rings (SSSR count). The normalized spacial score (nSPS) is 13.9. The highest BCUT2D eigenvalue weighted by molar-refractivity contribution is 7.92. The predicted octanol–water partition coefficient (Wildman–Crippen LogP) is 3.24. The van der Waals surface area contributed by atoms with Crippen LogP contribution in [0.25, 0.3) is 0 Å². The third kappa shape index (κ3) is 8.00. The molecule has 4 N–H and O–H groups in total. The van der Waals surface area contributed by atoms with Crippen molar-refractivity contribution in [3.05, 3.63) is 52.5 Å². The Hall–Kier alpha value is -3.03. The largest absolute Gasteiger partial charge is 0.490 e. The van der Waals surface area contributed by atoms with Crippen molar-refractivity contribution in [3.8, 4) is 0 Å². The number of piperazine rings is 1. The highest BCUT2D eigenvalue weighted by atomic mass is 35.5. The number of benzene rings is 2. The number of carbonyl (C=O) groups is 2. The van der Waals surface area contributed by atoms with Crippen molar-refractivity contribution in [3.63, 3.8) is 0 Å². The molecule has 0 atom stereocenters. The summed E-state index contributed by atoms with van der Waals surface area (Å²) >= 11 is 6.12. The van der Waals surface area contributed by atoms with Crippen molar-refractivity contribution in [1.82, 2.24) is 10.6 Å². The number of sulfonamides is 1. The summed E-state index contributed by atoms with van der Waals surface area (Å²) in [5.41, 5.74) is 2.30. The van der Waals surface area contributed by atoms with Crippen LogP contribution in [0.5, 0.6) is 0 Å². The fourth-order valence-electron chi connectivity index (χ4n) is 3.15. The van der Waals surface area contributed by atoms with Crippen LogP contribution >= 0.6 is 11.6 Å². The number of carboxylic acids is 1. The van der Waals surface area contributed by atoms with Gasteiger partial charge in [0.1, 0.15) is 0 Å². The van der Waals surface area contributed by atoms with Crippen LogP contribution in [0.1, 0.15) is 22.8 Å². The molecular weight excluding hydrogens is 525 g/mol. The maximum atomic E-state index is 13.0. The van der Waals surface area contributed by atoms with Gasteiger partial charge >= 0.3 is 12.1 Å². The molecule has 198 valence electrons. The van der Waals surface area contributed by atoms with E-state index in [-0.39, 0.29) is 10.8 Å². The standard InChI is InChI=1S/C20H25ClN4O3S.C2HF3O2/c1-3-23-20(26)15-5-7-19(25-10-8-22-9-11-25)18(12-15)24-29(27,28)16-6-4-14(2)17(21)13-16;3-2(4,5)1(6)7/h4-7,12-13,22,24H,3,8-11H2,1-2H3,(H,23,26);(H,6,7). The SMILES string of the molecule is CCNC(=O)c1ccc(N2CCNCC2)c(NS(=O)(=O)c2ccc(C)c(Cl)c2)c1.O=C(O)C(F)(F)F. The number of alkyl halides is 3. The molecule has 1 heterocycles. The van der Waals surface area contributed by atoms with E-state index in [9.17, 15) is 26.4 Å². The summed E-state index contributed by atoms with van der Waals surface area (Å²) < 4.78 is 60.4. The summed E-state index contributed by atoms with van der Waals surface area (Å²) in [6.45, 7) is 7.22. The number of aliphatic carboxylic acids is 1. The zero-order valence-electron chi connectivity index (χ0n) is 19.4. The van der Waals surface area contributed by atoms with Gasteiger partial charge in [-0.3, -0.25) is 9.52 Å². The van der Waals surface area contributed by atoms with Gasteiger partial charge in [0.15, 0.2) is 0 Å². The molecule has 1 aliphatic heterocycles. The quantitative estimate of drug-likeness (QED) is 0.435. The first kappa shape index (κ1) is 29.2. The highest BCUT2D eigenvalue weighted by Gasteiger charge is 2.38. The van der Waals surface area contributed by atoms with Crippen molar-refractivity contribution in [2.75, 3.05) is 42.3 Å². The topological polar surface area (TPSA) is 128 Å². The molecule has 9 nitrogen and oxygen atoms in total. The fourth-order valence-corrected chi connectivity index (χ4v) is 4.48. The molecule has 1 saturated heterocycles. The van der Waals surface area contributed by atoms with E-state index < -0.39 is 22.2 Å². The average molecular weight is 551 g/mol. The number of nitrogens with zero attached hydrogens (tertiary/aromatic N) is 1. The van der Waals surface area contributed by atoms with Crippen LogP contribution in [-0.4, -0.2) is 64.3 Å². The van der Waals surface area contributed by atoms with Gasteiger partial charge in [-0.1, -0.05) is 17.7 Å². The molecule has 2 aromatic carbocycles. The van der Waals surface area contributed by atoms with E-state index in [1.54, 1.807) is 24.3 Å². The molecule has 14 heteroatoms. The minimum Gasteiger partial charge on any atom is -0.475 e. The van der Waals surface area contributed by atoms with Crippen LogP contribution in [0.4, 0.5) is 24.5 Å². The molecule has 36 heavy (non-hydrogen) atoms. The fraction of sp³-hybridized carbons (Fsp3) is 0.364. The Morgan fingerprint density at radius 2 is 1.75 bits per heavy atom. The molecule has 1 aliphatic rings. The first-order valence-corrected chi connectivity index (χ1v) is 12.6. The number of hydrogen-bond donors (Lipinski definition) is 4. The second-order valence-electron chi connectivity index (χ2n) is 7.65. The van der Waals surface area contributed by atoms with Gasteiger partial charge in [0.2, 0.25) is 0 Å². The third-order valence-electron chi connectivity index (χ3n) is 4.99. The van der Waals surface area contributed by atoms with E-state index in [1.807, 2.05) is 13.8 Å². The Balaban J connectivity index is 0.000000572. The zero-order chi connectivity index (χ0) is 27.1. The van der Waals surface area contributed by atoms with Crippen LogP contribution in [0.3, 0.4) is 0 Å². The number of nitrogens with one attached hydrogen (secondary N) is 3. The second kappa shape index (κ2) is 12.3. The van der Waals surface area contributed by atoms with Crippen molar-refractivity contribution in [2.24, 2.45) is 0 Å². The van der Waals surface area contributed by atoms with Crippen molar-refractivity contribution in [1.29, 1.82) is 0 Å². The van der Waals surface area contributed by atoms with Gasteiger partial charge in [0.05, 0.1) is 16.3 Å². The Labute approximate surface area is 211 Å². The number of amides is 1. The summed E-state index contributed by atoms with van der Waals surface area (Å²) in [4.78, 5) is 23.3. The zero-order valence-corrected chi connectivity index (χ0v) is 21.0. The lowest BCUT2D eigenvalue weighted by Gasteiger charge is -2.31. The minimum absolute atomic E-state index is 0.0720. The minimum atomic E-state index is -5.08. The van der Waals surface area contributed by atoms with Crippen LogP contribution in [0, 0.1) is 6.92 Å². The molecule has 0 saturated carbocycles. The van der Waals surface area contributed by atoms with Gasteiger partial charge in [-0.05, 0) is 49.7 Å². The van der Waals surface area contributed by atoms with Gasteiger partial charge in [-0.25, -0.2) is 13.2 Å². The van der Waals surface area contributed by atoms with E-state index in [0.717, 1.165) is 37.4 Å². The smallest absolute Gasteiger partial charge is 0.475 e. The molecule has 0 unspecified atom stereocenters. The summed E-state index contributed by atoms with van der Waals surface area (Å²) in [6.07, 6.45) is -5.08. The van der Waals surface area contributed by atoms with Gasteiger partial charge in [0, 0.05) is 43.3 Å². The van der Waals surface area contributed by atoms with Gasteiger partial charge in [0.25, 0.3) is 15.9 Å². The Kier molecular flexibility index (Phi) is 9.96. The lowest BCUT2D eigenvalue weighted by Crippen LogP contribution is -2.43. The molecule has 0 bridgehead atoms. The van der Waals surface area contributed by atoms with Crippen molar-refractivity contribution >= 4 is 44.9 Å². The van der Waals surface area contributed by atoms with E-state index in [2.05, 4.69) is 20.3 Å². The molecule has 0 radical (unpaired) electrons. The summed E-state index contributed by atoms with van der Waals surface area (Å²) in [7, 11) is -3.88. The number of carboxylic acid groups (broad SMARTS) is 1. The number of carbonyl (C=O) groups excluding carboxylic acids is 1. The summed E-state index contributed by atoms with van der Waals surface area (Å²) in [5, 5.41) is 13.5. The lowest BCUT2D eigenvalue weighted by atomic mass is 10.1. The van der Waals surface area contributed by atoms with E-state index in [0.29, 0.717) is 22.8 Å². The third-order valence-corrected chi connectivity index (χ3v) is 6.76. The monoisotopic (exact) mass is 550 g/mol. The number of hydrogen-bond acceptors (Lipinski definition) is 6. The lowest BCUT2D eigenvalue weighted by molar-refractivity contribution is -0.192. The van der Waals surface area contributed by atoms with Gasteiger partial charge in [-0.2, -0.15) is 13.2 Å². The maximum absolute atomic E-state index is 13.0. The van der Waals surface area contributed by atoms with Crippen LogP contribution in [0.15, 0.2) is 41.3 Å². The van der Waals surface area contributed by atoms with E-state index >= 15 is 0 Å². The highest BCUT2D eigenvalue weighted by Crippen LogP contribution is 2.31. The molecule has 2 aromatic rings. The molecule has 1 fully saturated rings.